The van der Waals surface area contributed by atoms with E-state index < -0.39 is 5.97 Å². The number of carbonyl (C=O) groups is 2. The summed E-state index contributed by atoms with van der Waals surface area (Å²) in [6.45, 7) is 4.05. The van der Waals surface area contributed by atoms with Crippen LogP contribution in [0.4, 0.5) is 0 Å². The normalized spacial score (nSPS) is 24.4. The highest BCUT2D eigenvalue weighted by Gasteiger charge is 2.40. The Labute approximate surface area is 149 Å². The minimum absolute atomic E-state index is 0.157. The predicted molar refractivity (Wildman–Crippen MR) is 94.3 cm³/mol. The number of aliphatic carboxylic acids is 1. The van der Waals surface area contributed by atoms with Crippen molar-refractivity contribution in [2.45, 2.75) is 45.1 Å². The minimum Gasteiger partial charge on any atom is -0.481 e. The molecule has 2 heterocycles. The van der Waals surface area contributed by atoms with Gasteiger partial charge in [-0.25, -0.2) is 0 Å². The molecule has 5 heteroatoms. The third kappa shape index (κ3) is 4.21. The molecule has 0 aromatic heterocycles. The number of aryl methyl sites for hydroxylation is 1. The quantitative estimate of drug-likeness (QED) is 0.890. The lowest BCUT2D eigenvalue weighted by molar-refractivity contribution is -0.145. The summed E-state index contributed by atoms with van der Waals surface area (Å²) < 4.78 is 5.70. The monoisotopic (exact) mass is 345 g/mol. The van der Waals surface area contributed by atoms with Gasteiger partial charge in [0, 0.05) is 19.7 Å². The molecular formula is C20H27NO4. The molecule has 1 aromatic carbocycles. The predicted octanol–water partition coefficient (Wildman–Crippen LogP) is 2.52. The van der Waals surface area contributed by atoms with Crippen LogP contribution in [0.5, 0.6) is 0 Å². The van der Waals surface area contributed by atoms with Crippen LogP contribution < -0.4 is 0 Å². The maximum Gasteiger partial charge on any atom is 0.309 e. The Kier molecular flexibility index (Phi) is 5.74. The van der Waals surface area contributed by atoms with Crippen molar-refractivity contribution in [1.29, 1.82) is 0 Å². The standard InChI is InChI=1S/C20H27NO4/c1-2-14-3-5-15(6-4-14)13-18(22)21-10-7-16(8-11-21)19-17(20(23)24)9-12-25-19/h3-6,16-17,19H,2,7-13H2,1H3,(H,23,24)/t17?,19-/m0/s1. The summed E-state index contributed by atoms with van der Waals surface area (Å²) >= 11 is 0. The third-order valence-electron chi connectivity index (χ3n) is 5.60. The van der Waals surface area contributed by atoms with Crippen LogP contribution in [0.1, 0.15) is 37.3 Å². The molecule has 3 rings (SSSR count). The Hall–Kier alpha value is -1.88. The maximum atomic E-state index is 12.5. The van der Waals surface area contributed by atoms with E-state index in [-0.39, 0.29) is 23.8 Å². The summed E-state index contributed by atoms with van der Waals surface area (Å²) in [7, 11) is 0. The van der Waals surface area contributed by atoms with Gasteiger partial charge in [-0.15, -0.1) is 0 Å². The molecule has 1 aromatic rings. The Morgan fingerprint density at radius 1 is 1.12 bits per heavy atom. The molecule has 1 unspecified atom stereocenters. The van der Waals surface area contributed by atoms with Gasteiger partial charge in [0.2, 0.25) is 5.91 Å². The van der Waals surface area contributed by atoms with E-state index >= 15 is 0 Å². The third-order valence-corrected chi connectivity index (χ3v) is 5.60. The van der Waals surface area contributed by atoms with Crippen molar-refractivity contribution in [2.75, 3.05) is 19.7 Å². The molecule has 2 atom stereocenters. The molecule has 1 N–H and O–H groups in total. The first-order chi connectivity index (χ1) is 12.1. The highest BCUT2D eigenvalue weighted by molar-refractivity contribution is 5.78. The summed E-state index contributed by atoms with van der Waals surface area (Å²) in [6.07, 6.45) is 3.52. The molecule has 2 aliphatic rings. The average Bonchev–Trinajstić information content (AvgIpc) is 3.12. The smallest absolute Gasteiger partial charge is 0.309 e. The molecule has 2 saturated heterocycles. The van der Waals surface area contributed by atoms with Crippen LogP contribution in [0.3, 0.4) is 0 Å². The average molecular weight is 345 g/mol. The van der Waals surface area contributed by atoms with E-state index in [1.807, 2.05) is 17.0 Å². The first-order valence-corrected chi connectivity index (χ1v) is 9.28. The van der Waals surface area contributed by atoms with Gasteiger partial charge in [0.15, 0.2) is 0 Å². The van der Waals surface area contributed by atoms with E-state index in [1.165, 1.54) is 5.56 Å². The molecule has 0 aliphatic carbocycles. The van der Waals surface area contributed by atoms with E-state index in [9.17, 15) is 14.7 Å². The lowest BCUT2D eigenvalue weighted by Crippen LogP contribution is -2.43. The van der Waals surface area contributed by atoms with E-state index in [1.54, 1.807) is 0 Å². The Balaban J connectivity index is 1.51. The van der Waals surface area contributed by atoms with E-state index in [0.717, 1.165) is 24.8 Å². The Bertz CT molecular complexity index is 605. The zero-order valence-electron chi connectivity index (χ0n) is 14.8. The van der Waals surface area contributed by atoms with Crippen LogP contribution in [0.15, 0.2) is 24.3 Å². The van der Waals surface area contributed by atoms with Crippen molar-refractivity contribution in [3.63, 3.8) is 0 Å². The number of rotatable bonds is 5. The van der Waals surface area contributed by atoms with E-state index in [2.05, 4.69) is 19.1 Å². The number of ether oxygens (including phenoxy) is 1. The fraction of sp³-hybridized carbons (Fsp3) is 0.600. The van der Waals surface area contributed by atoms with Crippen molar-refractivity contribution >= 4 is 11.9 Å². The fourth-order valence-corrected chi connectivity index (χ4v) is 4.00. The molecule has 5 nitrogen and oxygen atoms in total. The number of carbonyl (C=O) groups excluding carboxylic acids is 1. The van der Waals surface area contributed by atoms with E-state index in [4.69, 9.17) is 4.74 Å². The Morgan fingerprint density at radius 2 is 1.76 bits per heavy atom. The van der Waals surface area contributed by atoms with Gasteiger partial charge in [-0.1, -0.05) is 31.2 Å². The lowest BCUT2D eigenvalue weighted by atomic mass is 9.84. The summed E-state index contributed by atoms with van der Waals surface area (Å²) in [6, 6.07) is 8.23. The van der Waals surface area contributed by atoms with Gasteiger partial charge in [-0.2, -0.15) is 0 Å². The number of nitrogens with zero attached hydrogens (tertiary/aromatic N) is 1. The largest absolute Gasteiger partial charge is 0.481 e. The van der Waals surface area contributed by atoms with Crippen LogP contribution in [-0.2, 0) is 27.2 Å². The fourth-order valence-electron chi connectivity index (χ4n) is 4.00. The number of amides is 1. The van der Waals surface area contributed by atoms with Crippen LogP contribution in [-0.4, -0.2) is 47.7 Å². The van der Waals surface area contributed by atoms with Gasteiger partial charge < -0.3 is 14.7 Å². The first kappa shape index (κ1) is 17.9. The van der Waals surface area contributed by atoms with Crippen molar-refractivity contribution in [2.24, 2.45) is 11.8 Å². The zero-order chi connectivity index (χ0) is 17.8. The molecular weight excluding hydrogens is 318 g/mol. The molecule has 2 fully saturated rings. The van der Waals surface area contributed by atoms with Gasteiger partial charge in [0.25, 0.3) is 0 Å². The molecule has 2 aliphatic heterocycles. The number of piperidine rings is 1. The van der Waals surface area contributed by atoms with Crippen molar-refractivity contribution in [3.05, 3.63) is 35.4 Å². The molecule has 1 amide bonds. The van der Waals surface area contributed by atoms with Crippen LogP contribution in [0.25, 0.3) is 0 Å². The Morgan fingerprint density at radius 3 is 2.36 bits per heavy atom. The summed E-state index contributed by atoms with van der Waals surface area (Å²) in [5.41, 5.74) is 2.33. The first-order valence-electron chi connectivity index (χ1n) is 9.28. The lowest BCUT2D eigenvalue weighted by Gasteiger charge is -2.35. The second-order valence-corrected chi connectivity index (χ2v) is 7.13. The minimum atomic E-state index is -0.753. The van der Waals surface area contributed by atoms with Gasteiger partial charge in [0.05, 0.1) is 18.4 Å². The molecule has 0 radical (unpaired) electrons. The molecule has 0 spiro atoms. The SMILES string of the molecule is CCc1ccc(CC(=O)N2CCC([C@@H]3OCCC3C(=O)O)CC2)cc1. The highest BCUT2D eigenvalue weighted by Crippen LogP contribution is 2.33. The van der Waals surface area contributed by atoms with Crippen molar-refractivity contribution < 1.29 is 19.4 Å². The molecule has 136 valence electrons. The highest BCUT2D eigenvalue weighted by atomic mass is 16.5. The zero-order valence-corrected chi connectivity index (χ0v) is 14.8. The van der Waals surface area contributed by atoms with Gasteiger partial charge in [-0.05, 0) is 42.7 Å². The molecule has 0 saturated carbocycles. The van der Waals surface area contributed by atoms with Gasteiger partial charge in [0.1, 0.15) is 0 Å². The number of carboxylic acid groups (broad SMARTS) is 1. The maximum absolute atomic E-state index is 12.5. The van der Waals surface area contributed by atoms with Crippen LogP contribution in [0.2, 0.25) is 0 Å². The number of benzene rings is 1. The number of hydrogen-bond donors (Lipinski definition) is 1. The summed E-state index contributed by atoms with van der Waals surface area (Å²) in [4.78, 5) is 25.8. The number of hydrogen-bond acceptors (Lipinski definition) is 3. The second kappa shape index (κ2) is 8.00. The topological polar surface area (TPSA) is 66.8 Å². The van der Waals surface area contributed by atoms with E-state index in [0.29, 0.717) is 32.5 Å². The number of carboxylic acids is 1. The summed E-state index contributed by atoms with van der Waals surface area (Å²) in [5.74, 6) is -0.734. The molecule has 0 bridgehead atoms. The second-order valence-electron chi connectivity index (χ2n) is 7.13. The molecule has 25 heavy (non-hydrogen) atoms. The van der Waals surface area contributed by atoms with Crippen LogP contribution in [0, 0.1) is 11.8 Å². The van der Waals surface area contributed by atoms with Crippen molar-refractivity contribution in [3.8, 4) is 0 Å². The number of likely N-dealkylation sites (tertiary alicyclic amines) is 1. The van der Waals surface area contributed by atoms with Gasteiger partial charge >= 0.3 is 5.97 Å². The van der Waals surface area contributed by atoms with Gasteiger partial charge in [-0.3, -0.25) is 9.59 Å². The van der Waals surface area contributed by atoms with Crippen molar-refractivity contribution in [1.82, 2.24) is 4.90 Å². The van der Waals surface area contributed by atoms with Crippen LogP contribution >= 0.6 is 0 Å². The summed E-state index contributed by atoms with van der Waals surface area (Å²) in [5, 5.41) is 9.31.